The molecule has 23 heavy (non-hydrogen) atoms. The number of anilines is 2. The number of urea groups is 1. The van der Waals surface area contributed by atoms with Crippen molar-refractivity contribution in [3.8, 4) is 0 Å². The Bertz CT molecular complexity index is 688. The van der Waals surface area contributed by atoms with E-state index in [2.05, 4.69) is 22.4 Å². The minimum atomic E-state index is -0.230. The Balaban J connectivity index is 1.70. The number of carbonyl (C=O) groups excluding carboxylic acids is 1. The summed E-state index contributed by atoms with van der Waals surface area (Å²) in [4.78, 5) is 14.2. The molecule has 1 atom stereocenters. The molecule has 2 heterocycles. The summed E-state index contributed by atoms with van der Waals surface area (Å²) in [7, 11) is 0. The molecule has 0 fully saturated rings. The fraction of sp³-hybridized carbons (Fsp3) is 0.438. The number of aliphatic hydroxyl groups is 1. The number of unbranched alkanes of at least 4 members (excludes halogenated alkanes) is 1. The molecule has 0 saturated heterocycles. The largest absolute Gasteiger partial charge is 0.396 e. The monoisotopic (exact) mass is 332 g/mol. The predicted molar refractivity (Wildman–Crippen MR) is 91.2 cm³/mol. The van der Waals surface area contributed by atoms with Crippen molar-refractivity contribution in [3.63, 3.8) is 0 Å². The summed E-state index contributed by atoms with van der Waals surface area (Å²) >= 11 is 1.42. The number of benzene rings is 1. The standard InChI is InChI=1S/C16H20N4O2S/c1-2-3-8-14-18-19-15(23-14)17-16(22)20-9-11(10-21)12-6-4-5-7-13(12)20/h4-7,11,21H,2-3,8-10H2,1H3,(H,17,19,22). The number of para-hydroxylation sites is 1. The fourth-order valence-corrected chi connectivity index (χ4v) is 3.51. The molecule has 7 heteroatoms. The van der Waals surface area contributed by atoms with Crippen molar-refractivity contribution in [1.29, 1.82) is 0 Å². The Hall–Kier alpha value is -1.99. The highest BCUT2D eigenvalue weighted by Gasteiger charge is 2.32. The van der Waals surface area contributed by atoms with Gasteiger partial charge in [-0.05, 0) is 18.1 Å². The second-order valence-corrected chi connectivity index (χ2v) is 6.65. The van der Waals surface area contributed by atoms with Crippen LogP contribution in [0.2, 0.25) is 0 Å². The van der Waals surface area contributed by atoms with E-state index in [0.29, 0.717) is 11.7 Å². The van der Waals surface area contributed by atoms with Gasteiger partial charge in [0.2, 0.25) is 5.13 Å². The van der Waals surface area contributed by atoms with Gasteiger partial charge in [-0.2, -0.15) is 0 Å². The predicted octanol–water partition coefficient (Wildman–Crippen LogP) is 3.01. The molecule has 0 bridgehead atoms. The summed E-state index contributed by atoms with van der Waals surface area (Å²) in [6.07, 6.45) is 3.07. The maximum atomic E-state index is 12.5. The summed E-state index contributed by atoms with van der Waals surface area (Å²) in [5, 5.41) is 21.9. The molecule has 0 saturated carbocycles. The Morgan fingerprint density at radius 1 is 1.43 bits per heavy atom. The normalized spacial score (nSPS) is 16.4. The lowest BCUT2D eigenvalue weighted by Gasteiger charge is -2.17. The highest BCUT2D eigenvalue weighted by Crippen LogP contribution is 2.36. The van der Waals surface area contributed by atoms with Crippen LogP contribution in [-0.2, 0) is 6.42 Å². The van der Waals surface area contributed by atoms with Crippen LogP contribution in [0.1, 0.15) is 36.3 Å². The van der Waals surface area contributed by atoms with Crippen molar-refractivity contribution >= 4 is 28.2 Å². The van der Waals surface area contributed by atoms with Crippen LogP contribution in [0.4, 0.5) is 15.6 Å². The number of nitrogens with zero attached hydrogens (tertiary/aromatic N) is 3. The van der Waals surface area contributed by atoms with Gasteiger partial charge in [-0.25, -0.2) is 4.79 Å². The van der Waals surface area contributed by atoms with Crippen molar-refractivity contribution in [3.05, 3.63) is 34.8 Å². The number of nitrogens with one attached hydrogen (secondary N) is 1. The van der Waals surface area contributed by atoms with Gasteiger partial charge < -0.3 is 5.11 Å². The van der Waals surface area contributed by atoms with Crippen LogP contribution >= 0.6 is 11.3 Å². The van der Waals surface area contributed by atoms with E-state index in [-0.39, 0.29) is 18.6 Å². The number of hydrogen-bond donors (Lipinski definition) is 2. The molecule has 6 nitrogen and oxygen atoms in total. The number of aromatic nitrogens is 2. The summed E-state index contributed by atoms with van der Waals surface area (Å²) in [6.45, 7) is 2.63. The molecule has 0 aliphatic carbocycles. The summed E-state index contributed by atoms with van der Waals surface area (Å²) in [5.74, 6) is -0.0357. The summed E-state index contributed by atoms with van der Waals surface area (Å²) in [5.41, 5.74) is 1.85. The van der Waals surface area contributed by atoms with Gasteiger partial charge in [0, 0.05) is 24.6 Å². The molecular formula is C16H20N4O2S. The van der Waals surface area contributed by atoms with Gasteiger partial charge in [0.1, 0.15) is 5.01 Å². The average molecular weight is 332 g/mol. The van der Waals surface area contributed by atoms with Gasteiger partial charge in [0.05, 0.1) is 6.61 Å². The van der Waals surface area contributed by atoms with E-state index < -0.39 is 0 Å². The molecular weight excluding hydrogens is 312 g/mol. The van der Waals surface area contributed by atoms with Crippen molar-refractivity contribution in [2.75, 3.05) is 23.4 Å². The minimum Gasteiger partial charge on any atom is -0.396 e. The molecule has 2 aromatic rings. The maximum Gasteiger partial charge on any atom is 0.328 e. The third kappa shape index (κ3) is 3.35. The van der Waals surface area contributed by atoms with Crippen LogP contribution < -0.4 is 10.2 Å². The van der Waals surface area contributed by atoms with E-state index >= 15 is 0 Å². The Labute approximate surface area is 139 Å². The highest BCUT2D eigenvalue weighted by molar-refractivity contribution is 7.15. The zero-order valence-corrected chi connectivity index (χ0v) is 13.8. The molecule has 2 N–H and O–H groups in total. The number of aryl methyl sites for hydroxylation is 1. The maximum absolute atomic E-state index is 12.5. The zero-order chi connectivity index (χ0) is 16.2. The lowest BCUT2D eigenvalue weighted by molar-refractivity contribution is 0.253. The van der Waals surface area contributed by atoms with Gasteiger partial charge in [0.25, 0.3) is 0 Å². The average Bonchev–Trinajstić information content (AvgIpc) is 3.17. The molecule has 1 aliphatic rings. The van der Waals surface area contributed by atoms with Crippen LogP contribution in [0.15, 0.2) is 24.3 Å². The third-order valence-corrected chi connectivity index (χ3v) is 4.86. The first-order valence-corrected chi connectivity index (χ1v) is 8.65. The topological polar surface area (TPSA) is 78.4 Å². The molecule has 0 radical (unpaired) electrons. The van der Waals surface area contributed by atoms with Crippen molar-refractivity contribution in [2.45, 2.75) is 32.1 Å². The molecule has 2 amide bonds. The van der Waals surface area contributed by atoms with E-state index in [4.69, 9.17) is 0 Å². The Morgan fingerprint density at radius 3 is 3.04 bits per heavy atom. The van der Waals surface area contributed by atoms with Crippen molar-refractivity contribution < 1.29 is 9.90 Å². The zero-order valence-electron chi connectivity index (χ0n) is 13.0. The number of carbonyl (C=O) groups is 1. The van der Waals surface area contributed by atoms with Gasteiger partial charge in [-0.1, -0.05) is 42.9 Å². The van der Waals surface area contributed by atoms with Crippen LogP contribution in [-0.4, -0.2) is 34.5 Å². The van der Waals surface area contributed by atoms with E-state index in [0.717, 1.165) is 35.5 Å². The molecule has 1 aromatic heterocycles. The second kappa shape index (κ2) is 7.06. The number of amides is 2. The van der Waals surface area contributed by atoms with Gasteiger partial charge >= 0.3 is 6.03 Å². The van der Waals surface area contributed by atoms with Gasteiger partial charge in [-0.3, -0.25) is 10.2 Å². The quantitative estimate of drug-likeness (QED) is 0.882. The van der Waals surface area contributed by atoms with E-state index in [1.165, 1.54) is 11.3 Å². The van der Waals surface area contributed by atoms with Crippen molar-refractivity contribution in [1.82, 2.24) is 10.2 Å². The summed E-state index contributed by atoms with van der Waals surface area (Å²) < 4.78 is 0. The molecule has 1 aromatic carbocycles. The Morgan fingerprint density at radius 2 is 2.26 bits per heavy atom. The Kier molecular flexibility index (Phi) is 4.88. The second-order valence-electron chi connectivity index (χ2n) is 5.58. The van der Waals surface area contributed by atoms with Crippen molar-refractivity contribution in [2.24, 2.45) is 0 Å². The van der Waals surface area contributed by atoms with E-state index in [1.807, 2.05) is 24.3 Å². The van der Waals surface area contributed by atoms with Crippen LogP contribution in [0.3, 0.4) is 0 Å². The van der Waals surface area contributed by atoms with Gasteiger partial charge in [-0.15, -0.1) is 10.2 Å². The lowest BCUT2D eigenvalue weighted by atomic mass is 10.0. The molecule has 0 spiro atoms. The number of rotatable bonds is 5. The molecule has 3 rings (SSSR count). The molecule has 1 aliphatic heterocycles. The van der Waals surface area contributed by atoms with Crippen LogP contribution in [0.25, 0.3) is 0 Å². The van der Waals surface area contributed by atoms with Gasteiger partial charge in [0.15, 0.2) is 0 Å². The highest BCUT2D eigenvalue weighted by atomic mass is 32.1. The first-order chi connectivity index (χ1) is 11.2. The minimum absolute atomic E-state index is 0.0285. The number of hydrogen-bond acceptors (Lipinski definition) is 5. The van der Waals surface area contributed by atoms with Crippen LogP contribution in [0.5, 0.6) is 0 Å². The van der Waals surface area contributed by atoms with E-state index in [1.54, 1.807) is 4.90 Å². The van der Waals surface area contributed by atoms with E-state index in [9.17, 15) is 9.90 Å². The summed E-state index contributed by atoms with van der Waals surface area (Å²) in [6, 6.07) is 7.45. The smallest absolute Gasteiger partial charge is 0.328 e. The number of fused-ring (bicyclic) bond motifs is 1. The third-order valence-electron chi connectivity index (χ3n) is 3.96. The number of aliphatic hydroxyl groups excluding tert-OH is 1. The SMILES string of the molecule is CCCCc1nnc(NC(=O)N2CC(CO)c3ccccc32)s1. The molecule has 122 valence electrons. The lowest BCUT2D eigenvalue weighted by Crippen LogP contribution is -2.34. The first-order valence-electron chi connectivity index (χ1n) is 7.83. The first kappa shape index (κ1) is 15.9. The fourth-order valence-electron chi connectivity index (χ4n) is 2.74. The van der Waals surface area contributed by atoms with Crippen LogP contribution in [0, 0.1) is 0 Å². The molecule has 1 unspecified atom stereocenters.